The molecule has 0 saturated carbocycles. The predicted octanol–water partition coefficient (Wildman–Crippen LogP) is 1.58. The van der Waals surface area contributed by atoms with Crippen molar-refractivity contribution in [2.45, 2.75) is 18.9 Å². The van der Waals surface area contributed by atoms with Crippen molar-refractivity contribution in [2.75, 3.05) is 25.6 Å². The third kappa shape index (κ3) is 4.34. The highest BCUT2D eigenvalue weighted by Crippen LogP contribution is 2.27. The summed E-state index contributed by atoms with van der Waals surface area (Å²) in [6, 6.07) is 4.74. The number of anilines is 1. The van der Waals surface area contributed by atoms with E-state index in [0.29, 0.717) is 29.6 Å². The van der Waals surface area contributed by atoms with E-state index in [2.05, 4.69) is 10.6 Å². The van der Waals surface area contributed by atoms with Gasteiger partial charge in [0.05, 0.1) is 18.2 Å². The first kappa shape index (κ1) is 15.6. The zero-order valence-electron chi connectivity index (χ0n) is 11.6. The molecule has 0 radical (unpaired) electrons. The van der Waals surface area contributed by atoms with Crippen LogP contribution in [-0.2, 0) is 14.3 Å². The van der Waals surface area contributed by atoms with Gasteiger partial charge in [-0.3, -0.25) is 9.59 Å². The number of amides is 2. The van der Waals surface area contributed by atoms with Crippen LogP contribution in [0.5, 0.6) is 5.75 Å². The fourth-order valence-corrected chi connectivity index (χ4v) is 2.28. The first-order valence-electron chi connectivity index (χ1n) is 6.64. The van der Waals surface area contributed by atoms with Crippen molar-refractivity contribution in [3.05, 3.63) is 23.2 Å². The molecule has 1 aromatic rings. The molecule has 2 N–H and O–H groups in total. The lowest BCUT2D eigenvalue weighted by Gasteiger charge is -2.11. The van der Waals surface area contributed by atoms with Crippen molar-refractivity contribution >= 4 is 29.1 Å². The molecule has 1 aromatic carbocycles. The molecular formula is C14H17ClN2O4. The van der Waals surface area contributed by atoms with Gasteiger partial charge in [0.25, 0.3) is 0 Å². The van der Waals surface area contributed by atoms with Gasteiger partial charge in [-0.15, -0.1) is 0 Å². The van der Waals surface area contributed by atoms with Crippen molar-refractivity contribution in [3.8, 4) is 5.75 Å². The van der Waals surface area contributed by atoms with E-state index in [1.165, 1.54) is 13.2 Å². The number of nitrogens with one attached hydrogen (secondary N) is 2. The van der Waals surface area contributed by atoms with Crippen molar-refractivity contribution in [3.63, 3.8) is 0 Å². The lowest BCUT2D eigenvalue weighted by Crippen LogP contribution is -2.39. The lowest BCUT2D eigenvalue weighted by atomic mass is 10.2. The van der Waals surface area contributed by atoms with Crippen molar-refractivity contribution < 1.29 is 19.1 Å². The number of ether oxygens (including phenoxy) is 2. The maximum Gasteiger partial charge on any atom is 0.313 e. The third-order valence-corrected chi connectivity index (χ3v) is 3.43. The first-order valence-corrected chi connectivity index (χ1v) is 7.02. The van der Waals surface area contributed by atoms with E-state index in [9.17, 15) is 9.59 Å². The molecule has 0 aliphatic carbocycles. The van der Waals surface area contributed by atoms with E-state index in [0.717, 1.165) is 12.8 Å². The monoisotopic (exact) mass is 312 g/mol. The van der Waals surface area contributed by atoms with Gasteiger partial charge in [-0.2, -0.15) is 0 Å². The van der Waals surface area contributed by atoms with E-state index < -0.39 is 11.8 Å². The van der Waals surface area contributed by atoms with E-state index in [4.69, 9.17) is 21.1 Å². The predicted molar refractivity (Wildman–Crippen MR) is 78.6 cm³/mol. The topological polar surface area (TPSA) is 76.7 Å². The van der Waals surface area contributed by atoms with Gasteiger partial charge in [0, 0.05) is 18.8 Å². The molecule has 1 heterocycles. The average molecular weight is 313 g/mol. The molecule has 0 unspecified atom stereocenters. The van der Waals surface area contributed by atoms with Crippen molar-refractivity contribution in [1.82, 2.24) is 5.32 Å². The Kier molecular flexibility index (Phi) is 5.41. The molecule has 0 spiro atoms. The SMILES string of the molecule is COc1ccc(NC(=O)C(=O)NC[C@@H]2CCCO2)cc1Cl. The molecule has 1 aliphatic rings. The van der Waals surface area contributed by atoms with E-state index in [1.807, 2.05) is 0 Å². The number of hydrogen-bond donors (Lipinski definition) is 2. The van der Waals surface area contributed by atoms with Crippen LogP contribution in [0.25, 0.3) is 0 Å². The maximum atomic E-state index is 11.7. The van der Waals surface area contributed by atoms with Crippen LogP contribution in [0.2, 0.25) is 5.02 Å². The standard InChI is InChI=1S/C14H17ClN2O4/c1-20-12-5-4-9(7-11(12)15)17-14(19)13(18)16-8-10-3-2-6-21-10/h4-5,7,10H,2-3,6,8H2,1H3,(H,16,18)(H,17,19)/t10-/m0/s1. The van der Waals surface area contributed by atoms with Crippen molar-refractivity contribution in [1.29, 1.82) is 0 Å². The summed E-state index contributed by atoms with van der Waals surface area (Å²) in [7, 11) is 1.50. The molecule has 21 heavy (non-hydrogen) atoms. The highest BCUT2D eigenvalue weighted by molar-refractivity contribution is 6.40. The van der Waals surface area contributed by atoms with Gasteiger partial charge in [0.2, 0.25) is 0 Å². The van der Waals surface area contributed by atoms with Gasteiger partial charge in [-0.05, 0) is 31.0 Å². The highest BCUT2D eigenvalue weighted by atomic mass is 35.5. The van der Waals surface area contributed by atoms with Gasteiger partial charge in [-0.1, -0.05) is 11.6 Å². The molecule has 1 atom stereocenters. The van der Waals surface area contributed by atoms with Crippen LogP contribution in [0, 0.1) is 0 Å². The Hall–Kier alpha value is -1.79. The Bertz CT molecular complexity index is 530. The summed E-state index contributed by atoms with van der Waals surface area (Å²) in [4.78, 5) is 23.4. The van der Waals surface area contributed by atoms with Crippen LogP contribution in [0.1, 0.15) is 12.8 Å². The second-order valence-electron chi connectivity index (χ2n) is 4.65. The summed E-state index contributed by atoms with van der Waals surface area (Å²) in [5.74, 6) is -0.941. The maximum absolute atomic E-state index is 11.7. The van der Waals surface area contributed by atoms with Gasteiger partial charge >= 0.3 is 11.8 Å². The number of hydrogen-bond acceptors (Lipinski definition) is 4. The fraction of sp³-hybridized carbons (Fsp3) is 0.429. The van der Waals surface area contributed by atoms with Crippen LogP contribution in [0.4, 0.5) is 5.69 Å². The number of rotatable bonds is 4. The summed E-state index contributed by atoms with van der Waals surface area (Å²) < 4.78 is 10.4. The minimum absolute atomic E-state index is 0.00261. The van der Waals surface area contributed by atoms with Crippen molar-refractivity contribution in [2.24, 2.45) is 0 Å². The molecule has 1 fully saturated rings. The Balaban J connectivity index is 1.85. The Morgan fingerprint density at radius 1 is 1.43 bits per heavy atom. The Labute approximate surface area is 127 Å². The molecule has 2 amide bonds. The smallest absolute Gasteiger partial charge is 0.313 e. The molecule has 7 heteroatoms. The second kappa shape index (κ2) is 7.28. The van der Waals surface area contributed by atoms with E-state index in [-0.39, 0.29) is 6.10 Å². The van der Waals surface area contributed by atoms with Gasteiger partial charge < -0.3 is 20.1 Å². The van der Waals surface area contributed by atoms with Crippen LogP contribution in [-0.4, -0.2) is 38.2 Å². The third-order valence-electron chi connectivity index (χ3n) is 3.13. The molecule has 114 valence electrons. The van der Waals surface area contributed by atoms with Gasteiger partial charge in [0.1, 0.15) is 5.75 Å². The molecule has 6 nitrogen and oxygen atoms in total. The normalized spacial score (nSPS) is 17.3. The summed E-state index contributed by atoms with van der Waals surface area (Å²) in [5, 5.41) is 5.38. The molecule has 0 aromatic heterocycles. The largest absolute Gasteiger partial charge is 0.495 e. The minimum atomic E-state index is -0.741. The van der Waals surface area contributed by atoms with Crippen LogP contribution < -0.4 is 15.4 Å². The number of carbonyl (C=O) groups excluding carboxylic acids is 2. The minimum Gasteiger partial charge on any atom is -0.495 e. The quantitative estimate of drug-likeness (QED) is 0.828. The zero-order valence-corrected chi connectivity index (χ0v) is 12.4. The summed E-state index contributed by atoms with van der Waals surface area (Å²) in [5.41, 5.74) is 0.429. The van der Waals surface area contributed by atoms with Gasteiger partial charge in [0.15, 0.2) is 0 Å². The molecule has 1 saturated heterocycles. The molecule has 2 rings (SSSR count). The summed E-state index contributed by atoms with van der Waals surface area (Å²) >= 11 is 5.95. The number of benzene rings is 1. The number of carbonyl (C=O) groups is 2. The summed E-state index contributed by atoms with van der Waals surface area (Å²) in [6.07, 6.45) is 1.88. The Morgan fingerprint density at radius 3 is 2.86 bits per heavy atom. The van der Waals surface area contributed by atoms with Crippen LogP contribution in [0.3, 0.4) is 0 Å². The molecular weight excluding hydrogens is 296 g/mol. The molecule has 1 aliphatic heterocycles. The zero-order chi connectivity index (χ0) is 15.2. The van der Waals surface area contributed by atoms with E-state index >= 15 is 0 Å². The van der Waals surface area contributed by atoms with Gasteiger partial charge in [-0.25, -0.2) is 0 Å². The summed E-state index contributed by atoms with van der Waals surface area (Å²) in [6.45, 7) is 1.05. The first-order chi connectivity index (χ1) is 10.1. The molecule has 0 bridgehead atoms. The fourth-order valence-electron chi connectivity index (χ4n) is 2.02. The average Bonchev–Trinajstić information content (AvgIpc) is 2.98. The van der Waals surface area contributed by atoms with E-state index in [1.54, 1.807) is 12.1 Å². The second-order valence-corrected chi connectivity index (χ2v) is 5.06. The number of halogens is 1. The van der Waals surface area contributed by atoms with Crippen LogP contribution in [0.15, 0.2) is 18.2 Å². The number of methoxy groups -OCH3 is 1. The highest BCUT2D eigenvalue weighted by Gasteiger charge is 2.19. The lowest BCUT2D eigenvalue weighted by molar-refractivity contribution is -0.136. The Morgan fingerprint density at radius 2 is 2.24 bits per heavy atom. The van der Waals surface area contributed by atoms with Crippen LogP contribution >= 0.6 is 11.6 Å².